The zero-order valence-corrected chi connectivity index (χ0v) is 16.3. The average Bonchev–Trinajstić information content (AvgIpc) is 3.35. The molecule has 0 bridgehead atoms. The van der Waals surface area contributed by atoms with Crippen LogP contribution in [0.25, 0.3) is 6.08 Å². The number of piperidine rings is 1. The predicted octanol–water partition coefficient (Wildman–Crippen LogP) is 3.62. The first-order valence-corrected chi connectivity index (χ1v) is 10.1. The highest BCUT2D eigenvalue weighted by molar-refractivity contribution is 6.28. The van der Waals surface area contributed by atoms with E-state index in [1.54, 1.807) is 6.20 Å². The number of nitrogens with zero attached hydrogens (tertiary/aromatic N) is 6. The molecule has 0 spiro atoms. The minimum Gasteiger partial charge on any atom is -0.356 e. The molecular weight excluding hydrogens is 372 g/mol. The normalized spacial score (nSPS) is 19.3. The van der Waals surface area contributed by atoms with E-state index >= 15 is 0 Å². The standard InChI is InChI=1S/C21H21ClN6/c22-21-24-6-2-20(27-21)28-7-3-14(4-8-28)9-19-25-13-18(26-19)16-10-15-1-5-23-12-17(15)11-16/h1-2,5-6,11-12,14H,3-4,7-10,13H2. The van der Waals surface area contributed by atoms with Crippen molar-refractivity contribution < 1.29 is 0 Å². The molecule has 2 aromatic rings. The summed E-state index contributed by atoms with van der Waals surface area (Å²) < 4.78 is 0. The fourth-order valence-electron chi connectivity index (χ4n) is 4.16. The zero-order chi connectivity index (χ0) is 18.9. The van der Waals surface area contributed by atoms with E-state index < -0.39 is 0 Å². The molecular formula is C21H21ClN6. The number of aliphatic imine (C=N–C) groups is 2. The van der Waals surface area contributed by atoms with Crippen molar-refractivity contribution >= 4 is 35.0 Å². The van der Waals surface area contributed by atoms with Crippen LogP contribution in [0.2, 0.25) is 5.28 Å². The maximum Gasteiger partial charge on any atom is 0.224 e. The molecule has 142 valence electrons. The van der Waals surface area contributed by atoms with Crippen LogP contribution in [-0.4, -0.2) is 46.1 Å². The Bertz CT molecular complexity index is 988. The first-order valence-electron chi connectivity index (χ1n) is 9.73. The zero-order valence-electron chi connectivity index (χ0n) is 15.6. The van der Waals surface area contributed by atoms with Gasteiger partial charge in [0.15, 0.2) is 0 Å². The van der Waals surface area contributed by atoms with Gasteiger partial charge in [-0.05, 0) is 65.3 Å². The summed E-state index contributed by atoms with van der Waals surface area (Å²) in [6, 6.07) is 4.02. The molecule has 0 amide bonds. The number of pyridine rings is 1. The summed E-state index contributed by atoms with van der Waals surface area (Å²) in [6.45, 7) is 2.67. The van der Waals surface area contributed by atoms with Gasteiger partial charge in [0.05, 0.1) is 12.3 Å². The Morgan fingerprint density at radius 3 is 2.86 bits per heavy atom. The van der Waals surface area contributed by atoms with E-state index in [0.717, 1.165) is 56.1 Å². The van der Waals surface area contributed by atoms with Crippen molar-refractivity contribution in [3.05, 3.63) is 52.7 Å². The second kappa shape index (κ2) is 7.43. The van der Waals surface area contributed by atoms with E-state index in [9.17, 15) is 0 Å². The largest absolute Gasteiger partial charge is 0.356 e. The molecule has 6 nitrogen and oxygen atoms in total. The topological polar surface area (TPSA) is 66.6 Å². The molecule has 3 aliphatic rings. The van der Waals surface area contributed by atoms with Crippen molar-refractivity contribution in [1.82, 2.24) is 15.0 Å². The first-order chi connectivity index (χ1) is 13.7. The first kappa shape index (κ1) is 17.5. The van der Waals surface area contributed by atoms with Crippen LogP contribution in [-0.2, 0) is 6.42 Å². The number of fused-ring (bicyclic) bond motifs is 1. The van der Waals surface area contributed by atoms with Crippen molar-refractivity contribution in [1.29, 1.82) is 0 Å². The lowest BCUT2D eigenvalue weighted by atomic mass is 9.93. The fraction of sp³-hybridized carbons (Fsp3) is 0.381. The number of hydrogen-bond donors (Lipinski definition) is 0. The summed E-state index contributed by atoms with van der Waals surface area (Å²) in [4.78, 5) is 24.3. The fourth-order valence-corrected chi connectivity index (χ4v) is 4.30. The summed E-state index contributed by atoms with van der Waals surface area (Å²) in [5.74, 6) is 2.54. The molecule has 1 fully saturated rings. The molecule has 0 N–H and O–H groups in total. The quantitative estimate of drug-likeness (QED) is 0.745. The molecule has 1 aliphatic carbocycles. The van der Waals surface area contributed by atoms with Crippen LogP contribution in [0.5, 0.6) is 0 Å². The third kappa shape index (κ3) is 3.56. The summed E-state index contributed by atoms with van der Waals surface area (Å²) in [6.07, 6.45) is 11.9. The number of halogens is 1. The lowest BCUT2D eigenvalue weighted by Crippen LogP contribution is -2.34. The van der Waals surface area contributed by atoms with Crippen LogP contribution < -0.4 is 4.90 Å². The predicted molar refractivity (Wildman–Crippen MR) is 112 cm³/mol. The number of rotatable bonds is 4. The van der Waals surface area contributed by atoms with E-state index in [4.69, 9.17) is 21.6 Å². The minimum absolute atomic E-state index is 0.306. The highest BCUT2D eigenvalue weighted by atomic mass is 35.5. The van der Waals surface area contributed by atoms with Gasteiger partial charge < -0.3 is 4.90 Å². The smallest absolute Gasteiger partial charge is 0.224 e. The molecule has 0 atom stereocenters. The highest BCUT2D eigenvalue weighted by Crippen LogP contribution is 2.28. The molecule has 0 saturated carbocycles. The maximum atomic E-state index is 5.92. The molecule has 2 aromatic heterocycles. The Labute approximate surface area is 169 Å². The van der Waals surface area contributed by atoms with Gasteiger partial charge in [-0.2, -0.15) is 0 Å². The van der Waals surface area contributed by atoms with Gasteiger partial charge in [0, 0.05) is 44.5 Å². The third-order valence-electron chi connectivity index (χ3n) is 5.72. The van der Waals surface area contributed by atoms with Gasteiger partial charge in [-0.25, -0.2) is 15.0 Å². The van der Waals surface area contributed by atoms with Crippen molar-refractivity contribution in [2.24, 2.45) is 15.9 Å². The Hall–Kier alpha value is -2.60. The molecule has 0 radical (unpaired) electrons. The second-order valence-corrected chi connectivity index (χ2v) is 7.87. The molecule has 7 heteroatoms. The minimum atomic E-state index is 0.306. The summed E-state index contributed by atoms with van der Waals surface area (Å²) in [5.41, 5.74) is 4.96. The van der Waals surface area contributed by atoms with Crippen LogP contribution in [0.15, 0.2) is 46.3 Å². The highest BCUT2D eigenvalue weighted by Gasteiger charge is 2.25. The van der Waals surface area contributed by atoms with Crippen LogP contribution >= 0.6 is 11.6 Å². The van der Waals surface area contributed by atoms with Crippen LogP contribution in [0, 0.1) is 5.92 Å². The van der Waals surface area contributed by atoms with Gasteiger partial charge in [-0.3, -0.25) is 9.98 Å². The Morgan fingerprint density at radius 2 is 2.04 bits per heavy atom. The van der Waals surface area contributed by atoms with E-state index in [1.165, 1.54) is 16.7 Å². The van der Waals surface area contributed by atoms with Crippen molar-refractivity contribution in [3.63, 3.8) is 0 Å². The molecule has 5 rings (SSSR count). The van der Waals surface area contributed by atoms with Crippen molar-refractivity contribution in [2.75, 3.05) is 24.5 Å². The van der Waals surface area contributed by atoms with Gasteiger partial charge in [0.2, 0.25) is 5.28 Å². The molecule has 28 heavy (non-hydrogen) atoms. The molecule has 0 unspecified atom stereocenters. The lowest BCUT2D eigenvalue weighted by Gasteiger charge is -2.32. The Kier molecular flexibility index (Phi) is 4.64. The van der Waals surface area contributed by atoms with Crippen LogP contribution in [0.3, 0.4) is 0 Å². The van der Waals surface area contributed by atoms with E-state index in [0.29, 0.717) is 17.7 Å². The molecule has 1 saturated heterocycles. The van der Waals surface area contributed by atoms with Gasteiger partial charge in [-0.15, -0.1) is 0 Å². The summed E-state index contributed by atoms with van der Waals surface area (Å²) in [5, 5.41) is 0.306. The Balaban J connectivity index is 1.17. The van der Waals surface area contributed by atoms with Gasteiger partial charge in [-0.1, -0.05) is 0 Å². The lowest BCUT2D eigenvalue weighted by molar-refractivity contribution is 0.415. The number of amidine groups is 1. The van der Waals surface area contributed by atoms with E-state index in [1.807, 2.05) is 18.5 Å². The van der Waals surface area contributed by atoms with Crippen molar-refractivity contribution in [3.8, 4) is 0 Å². The van der Waals surface area contributed by atoms with Gasteiger partial charge in [0.25, 0.3) is 0 Å². The third-order valence-corrected chi connectivity index (χ3v) is 5.91. The van der Waals surface area contributed by atoms with Crippen molar-refractivity contribution in [2.45, 2.75) is 25.7 Å². The number of aromatic nitrogens is 3. The van der Waals surface area contributed by atoms with Crippen LogP contribution in [0.4, 0.5) is 5.82 Å². The average molecular weight is 393 g/mol. The summed E-state index contributed by atoms with van der Waals surface area (Å²) >= 11 is 5.92. The van der Waals surface area contributed by atoms with Crippen LogP contribution in [0.1, 0.15) is 30.4 Å². The number of anilines is 1. The van der Waals surface area contributed by atoms with Gasteiger partial charge in [0.1, 0.15) is 11.7 Å². The molecule has 4 heterocycles. The molecule has 0 aromatic carbocycles. The van der Waals surface area contributed by atoms with E-state index in [-0.39, 0.29) is 0 Å². The Morgan fingerprint density at radius 1 is 1.14 bits per heavy atom. The monoisotopic (exact) mass is 392 g/mol. The van der Waals surface area contributed by atoms with Gasteiger partial charge >= 0.3 is 0 Å². The SMILES string of the molecule is Clc1nccc(N2CCC(CC3=NCC(C4=Cc5cnccc5C4)=N3)CC2)n1. The summed E-state index contributed by atoms with van der Waals surface area (Å²) in [7, 11) is 0. The second-order valence-electron chi connectivity index (χ2n) is 7.53. The number of hydrogen-bond acceptors (Lipinski definition) is 6. The van der Waals surface area contributed by atoms with E-state index in [2.05, 4.69) is 32.0 Å². The molecule has 2 aliphatic heterocycles. The maximum absolute atomic E-state index is 5.92.